The molecule has 0 heterocycles. The third kappa shape index (κ3) is 1.70. The lowest BCUT2D eigenvalue weighted by Gasteiger charge is -2.14. The molecule has 2 rings (SSSR count). The van der Waals surface area contributed by atoms with Crippen LogP contribution in [-0.2, 0) is 9.53 Å². The molecule has 0 unspecified atom stereocenters. The summed E-state index contributed by atoms with van der Waals surface area (Å²) in [7, 11) is 1.47. The van der Waals surface area contributed by atoms with E-state index in [9.17, 15) is 4.79 Å². The molecule has 0 amide bonds. The maximum atomic E-state index is 11.4. The van der Waals surface area contributed by atoms with Gasteiger partial charge in [0.05, 0.1) is 12.5 Å². The summed E-state index contributed by atoms with van der Waals surface area (Å²) in [6, 6.07) is 0. The monoisotopic (exact) mass is 183 g/mol. The summed E-state index contributed by atoms with van der Waals surface area (Å²) >= 11 is 0. The third-order valence-corrected chi connectivity index (χ3v) is 3.47. The molecule has 0 aromatic heterocycles. The van der Waals surface area contributed by atoms with Crippen LogP contribution < -0.4 is 5.73 Å². The second-order valence-corrected chi connectivity index (χ2v) is 4.63. The molecule has 3 nitrogen and oxygen atoms in total. The molecule has 2 fully saturated rings. The normalized spacial score (nSPS) is 26.6. The minimum absolute atomic E-state index is 0.0308. The smallest absolute Gasteiger partial charge is 0.311 e. The van der Waals surface area contributed by atoms with Crippen LogP contribution in [0, 0.1) is 5.41 Å². The number of carbonyl (C=O) groups excluding carboxylic acids is 1. The largest absolute Gasteiger partial charge is 0.469 e. The molecular weight excluding hydrogens is 166 g/mol. The lowest BCUT2D eigenvalue weighted by Crippen LogP contribution is -2.25. The van der Waals surface area contributed by atoms with Gasteiger partial charge in [0.1, 0.15) is 0 Å². The van der Waals surface area contributed by atoms with E-state index in [4.69, 9.17) is 10.5 Å². The third-order valence-electron chi connectivity index (χ3n) is 3.47. The highest BCUT2D eigenvalue weighted by molar-refractivity contribution is 5.79. The first-order valence-electron chi connectivity index (χ1n) is 4.98. The molecule has 0 bridgehead atoms. The Morgan fingerprint density at radius 1 is 1.31 bits per heavy atom. The molecular formula is C10H17NO2. The first-order valence-corrected chi connectivity index (χ1v) is 4.98. The molecule has 0 atom stereocenters. The minimum atomic E-state index is -0.135. The Morgan fingerprint density at radius 2 is 1.92 bits per heavy atom. The molecule has 74 valence electrons. The molecule has 2 aliphatic rings. The fourth-order valence-corrected chi connectivity index (χ4v) is 1.82. The lowest BCUT2D eigenvalue weighted by molar-refractivity contribution is -0.147. The second-order valence-electron chi connectivity index (χ2n) is 4.63. The van der Waals surface area contributed by atoms with Crippen molar-refractivity contribution in [1.29, 1.82) is 0 Å². The van der Waals surface area contributed by atoms with Crippen LogP contribution in [-0.4, -0.2) is 18.6 Å². The van der Waals surface area contributed by atoms with Crippen molar-refractivity contribution >= 4 is 5.97 Å². The summed E-state index contributed by atoms with van der Waals surface area (Å²) in [6.07, 6.45) is 6.16. The van der Waals surface area contributed by atoms with Crippen molar-refractivity contribution in [2.24, 2.45) is 11.1 Å². The Hall–Kier alpha value is -0.570. The van der Waals surface area contributed by atoms with Gasteiger partial charge in [0.2, 0.25) is 0 Å². The van der Waals surface area contributed by atoms with Crippen LogP contribution in [0.2, 0.25) is 0 Å². The zero-order valence-corrected chi connectivity index (χ0v) is 8.14. The quantitative estimate of drug-likeness (QED) is 0.666. The van der Waals surface area contributed by atoms with E-state index in [0.29, 0.717) is 0 Å². The molecule has 0 spiro atoms. The molecule has 0 radical (unpaired) electrons. The SMILES string of the molecule is COC(=O)C1(CCC2(N)CC2)CC1. The van der Waals surface area contributed by atoms with Crippen molar-refractivity contribution in [3.8, 4) is 0 Å². The summed E-state index contributed by atoms with van der Waals surface area (Å²) in [4.78, 5) is 11.4. The van der Waals surface area contributed by atoms with Crippen molar-refractivity contribution in [2.45, 2.75) is 44.1 Å². The van der Waals surface area contributed by atoms with E-state index in [-0.39, 0.29) is 16.9 Å². The average molecular weight is 183 g/mol. The van der Waals surface area contributed by atoms with Crippen LogP contribution in [0.4, 0.5) is 0 Å². The van der Waals surface area contributed by atoms with Crippen LogP contribution in [0.3, 0.4) is 0 Å². The van der Waals surface area contributed by atoms with Gasteiger partial charge in [-0.3, -0.25) is 4.79 Å². The molecule has 2 N–H and O–H groups in total. The molecule has 0 aliphatic heterocycles. The van der Waals surface area contributed by atoms with E-state index >= 15 is 0 Å². The molecule has 3 heteroatoms. The predicted octanol–water partition coefficient (Wildman–Crippen LogP) is 1.21. The Kier molecular flexibility index (Phi) is 1.88. The number of rotatable bonds is 4. The van der Waals surface area contributed by atoms with E-state index in [1.807, 2.05) is 0 Å². The zero-order valence-electron chi connectivity index (χ0n) is 8.14. The molecule has 0 aromatic carbocycles. The lowest BCUT2D eigenvalue weighted by atomic mass is 9.96. The fourth-order valence-electron chi connectivity index (χ4n) is 1.82. The topological polar surface area (TPSA) is 52.3 Å². The maximum Gasteiger partial charge on any atom is 0.311 e. The van der Waals surface area contributed by atoms with Gasteiger partial charge in [-0.15, -0.1) is 0 Å². The van der Waals surface area contributed by atoms with E-state index in [1.54, 1.807) is 0 Å². The maximum absolute atomic E-state index is 11.4. The Morgan fingerprint density at radius 3 is 2.31 bits per heavy atom. The summed E-state index contributed by atoms with van der Waals surface area (Å²) < 4.78 is 4.78. The molecule has 13 heavy (non-hydrogen) atoms. The van der Waals surface area contributed by atoms with Gasteiger partial charge in [0, 0.05) is 5.54 Å². The van der Waals surface area contributed by atoms with Crippen molar-refractivity contribution in [2.75, 3.05) is 7.11 Å². The van der Waals surface area contributed by atoms with Gasteiger partial charge in [-0.05, 0) is 38.5 Å². The van der Waals surface area contributed by atoms with E-state index in [2.05, 4.69) is 0 Å². The fraction of sp³-hybridized carbons (Fsp3) is 0.900. The average Bonchev–Trinajstić information content (AvgIpc) is 2.99. The van der Waals surface area contributed by atoms with Gasteiger partial charge >= 0.3 is 5.97 Å². The van der Waals surface area contributed by atoms with Crippen molar-refractivity contribution in [1.82, 2.24) is 0 Å². The zero-order chi connectivity index (χ0) is 9.53. The van der Waals surface area contributed by atoms with Gasteiger partial charge in [-0.1, -0.05) is 0 Å². The summed E-state index contributed by atoms with van der Waals surface area (Å²) in [5.41, 5.74) is 5.91. The van der Waals surface area contributed by atoms with E-state index in [0.717, 1.165) is 38.5 Å². The van der Waals surface area contributed by atoms with Gasteiger partial charge < -0.3 is 10.5 Å². The van der Waals surface area contributed by atoms with Crippen LogP contribution in [0.1, 0.15) is 38.5 Å². The van der Waals surface area contributed by atoms with Gasteiger partial charge in [-0.25, -0.2) is 0 Å². The molecule has 0 saturated heterocycles. The van der Waals surface area contributed by atoms with Crippen LogP contribution >= 0.6 is 0 Å². The number of hydrogen-bond donors (Lipinski definition) is 1. The molecule has 0 aromatic rings. The van der Waals surface area contributed by atoms with Crippen molar-refractivity contribution in [3.63, 3.8) is 0 Å². The first kappa shape index (κ1) is 9.00. The standard InChI is InChI=1S/C10H17NO2/c1-13-8(12)9(2-3-9)4-5-10(11)6-7-10/h2-7,11H2,1H3. The predicted molar refractivity (Wildman–Crippen MR) is 49.1 cm³/mol. The molecule has 2 saturated carbocycles. The number of carbonyl (C=O) groups is 1. The Balaban J connectivity index is 1.83. The molecule has 2 aliphatic carbocycles. The number of hydrogen-bond acceptors (Lipinski definition) is 3. The van der Waals surface area contributed by atoms with E-state index < -0.39 is 0 Å². The highest BCUT2D eigenvalue weighted by Crippen LogP contribution is 2.53. The Labute approximate surface area is 78.6 Å². The van der Waals surface area contributed by atoms with Gasteiger partial charge in [-0.2, -0.15) is 0 Å². The summed E-state index contributed by atoms with van der Waals surface area (Å²) in [5, 5.41) is 0. The minimum Gasteiger partial charge on any atom is -0.469 e. The summed E-state index contributed by atoms with van der Waals surface area (Å²) in [6.45, 7) is 0. The Bertz CT molecular complexity index is 229. The van der Waals surface area contributed by atoms with Crippen LogP contribution in [0.5, 0.6) is 0 Å². The highest BCUT2D eigenvalue weighted by atomic mass is 16.5. The number of ether oxygens (including phenoxy) is 1. The second kappa shape index (κ2) is 2.71. The number of nitrogens with two attached hydrogens (primary N) is 1. The first-order chi connectivity index (χ1) is 6.10. The number of esters is 1. The van der Waals surface area contributed by atoms with Gasteiger partial charge in [0.15, 0.2) is 0 Å². The summed E-state index contributed by atoms with van der Waals surface area (Å²) in [5.74, 6) is -0.0308. The van der Waals surface area contributed by atoms with Crippen LogP contribution in [0.25, 0.3) is 0 Å². The van der Waals surface area contributed by atoms with Gasteiger partial charge in [0.25, 0.3) is 0 Å². The highest BCUT2D eigenvalue weighted by Gasteiger charge is 2.52. The van der Waals surface area contributed by atoms with Crippen molar-refractivity contribution in [3.05, 3.63) is 0 Å². The van der Waals surface area contributed by atoms with Crippen LogP contribution in [0.15, 0.2) is 0 Å². The van der Waals surface area contributed by atoms with E-state index in [1.165, 1.54) is 7.11 Å². The number of methoxy groups -OCH3 is 1. The van der Waals surface area contributed by atoms with Crippen molar-refractivity contribution < 1.29 is 9.53 Å².